The van der Waals surface area contributed by atoms with Crippen LogP contribution in [0.25, 0.3) is 0 Å². The van der Waals surface area contributed by atoms with Crippen molar-refractivity contribution in [2.24, 2.45) is 0 Å². The van der Waals surface area contributed by atoms with Crippen molar-refractivity contribution < 1.29 is 0 Å². The number of hydrogen-bond acceptors (Lipinski definition) is 3. The molecule has 1 N–H and O–H groups in total. The molecule has 4 heteroatoms. The Hall–Kier alpha value is -1.42. The van der Waals surface area contributed by atoms with E-state index < -0.39 is 0 Å². The molecule has 0 aliphatic rings. The molecule has 0 atom stereocenters. The molecular formula is C10H15N3O. The van der Waals surface area contributed by atoms with Crippen LogP contribution < -0.4 is 10.9 Å². The summed E-state index contributed by atoms with van der Waals surface area (Å²) in [6.07, 6.45) is 1.78. The lowest BCUT2D eigenvalue weighted by Gasteiger charge is -2.04. The number of nitrogens with zero attached hydrogens (tertiary/aromatic N) is 2. The smallest absolute Gasteiger partial charge is 0.266 e. The second-order valence-electron chi connectivity index (χ2n) is 3.03. The van der Waals surface area contributed by atoms with E-state index in [-0.39, 0.29) is 5.56 Å². The molecule has 0 saturated heterocycles. The van der Waals surface area contributed by atoms with Crippen molar-refractivity contribution in [3.8, 4) is 0 Å². The molecule has 0 unspecified atom stereocenters. The van der Waals surface area contributed by atoms with E-state index in [1.165, 1.54) is 10.7 Å². The minimum atomic E-state index is -0.0593. The Labute approximate surface area is 83.3 Å². The van der Waals surface area contributed by atoms with Crippen LogP contribution in [0, 0.1) is 6.92 Å². The van der Waals surface area contributed by atoms with Gasteiger partial charge in [-0.25, -0.2) is 4.68 Å². The van der Waals surface area contributed by atoms with Crippen molar-refractivity contribution >= 4 is 0 Å². The predicted molar refractivity (Wildman–Crippen MR) is 56.3 cm³/mol. The summed E-state index contributed by atoms with van der Waals surface area (Å²) >= 11 is 0. The largest absolute Gasteiger partial charge is 0.311 e. The molecule has 0 spiro atoms. The predicted octanol–water partition coefficient (Wildman–Crippen LogP) is 0.327. The van der Waals surface area contributed by atoms with Gasteiger partial charge < -0.3 is 5.32 Å². The topological polar surface area (TPSA) is 46.9 Å². The van der Waals surface area contributed by atoms with E-state index in [9.17, 15) is 4.79 Å². The minimum absolute atomic E-state index is 0.0593. The van der Waals surface area contributed by atoms with Crippen molar-refractivity contribution in [1.82, 2.24) is 15.1 Å². The number of rotatable bonds is 5. The van der Waals surface area contributed by atoms with Gasteiger partial charge in [-0.15, -0.1) is 6.58 Å². The highest BCUT2D eigenvalue weighted by atomic mass is 16.1. The van der Waals surface area contributed by atoms with Crippen LogP contribution >= 0.6 is 0 Å². The highest BCUT2D eigenvalue weighted by molar-refractivity contribution is 4.96. The van der Waals surface area contributed by atoms with Crippen molar-refractivity contribution in [1.29, 1.82) is 0 Å². The highest BCUT2D eigenvalue weighted by Gasteiger charge is 1.96. The SMILES string of the molecule is C=CCNCCn1nc(C)ccc1=O. The summed E-state index contributed by atoms with van der Waals surface area (Å²) in [5, 5.41) is 7.22. The molecule has 0 radical (unpaired) electrons. The maximum absolute atomic E-state index is 11.3. The first-order valence-electron chi connectivity index (χ1n) is 4.60. The van der Waals surface area contributed by atoms with E-state index in [1.54, 1.807) is 12.1 Å². The average Bonchev–Trinajstić information content (AvgIpc) is 2.18. The molecule has 0 saturated carbocycles. The summed E-state index contributed by atoms with van der Waals surface area (Å²) in [6.45, 7) is 7.53. The van der Waals surface area contributed by atoms with Crippen LogP contribution in [-0.2, 0) is 6.54 Å². The summed E-state index contributed by atoms with van der Waals surface area (Å²) in [6, 6.07) is 3.26. The van der Waals surface area contributed by atoms with Crippen LogP contribution in [0.5, 0.6) is 0 Å². The fraction of sp³-hybridized carbons (Fsp3) is 0.400. The molecule has 1 rings (SSSR count). The molecular weight excluding hydrogens is 178 g/mol. The normalized spacial score (nSPS) is 10.1. The van der Waals surface area contributed by atoms with Crippen LogP contribution in [0.15, 0.2) is 29.6 Å². The highest BCUT2D eigenvalue weighted by Crippen LogP contribution is 1.84. The molecule has 1 aromatic rings. The second-order valence-corrected chi connectivity index (χ2v) is 3.03. The number of aryl methyl sites for hydroxylation is 1. The number of aromatic nitrogens is 2. The molecule has 0 aliphatic heterocycles. The van der Waals surface area contributed by atoms with Crippen molar-refractivity contribution in [3.05, 3.63) is 40.8 Å². The minimum Gasteiger partial charge on any atom is -0.311 e. The number of hydrogen-bond donors (Lipinski definition) is 1. The van der Waals surface area contributed by atoms with Gasteiger partial charge in [-0.05, 0) is 13.0 Å². The maximum Gasteiger partial charge on any atom is 0.266 e. The lowest BCUT2D eigenvalue weighted by molar-refractivity contribution is 0.540. The quantitative estimate of drug-likeness (QED) is 0.541. The molecule has 0 amide bonds. The fourth-order valence-corrected chi connectivity index (χ4v) is 1.10. The third-order valence-electron chi connectivity index (χ3n) is 1.79. The molecule has 1 aromatic heterocycles. The Bertz CT molecular complexity index is 357. The molecule has 0 bridgehead atoms. The maximum atomic E-state index is 11.3. The van der Waals surface area contributed by atoms with E-state index >= 15 is 0 Å². The van der Waals surface area contributed by atoms with E-state index in [1.807, 2.05) is 6.92 Å². The lowest BCUT2D eigenvalue weighted by Crippen LogP contribution is -2.28. The van der Waals surface area contributed by atoms with E-state index in [2.05, 4.69) is 17.0 Å². The summed E-state index contributed by atoms with van der Waals surface area (Å²) in [7, 11) is 0. The third kappa shape index (κ3) is 3.14. The van der Waals surface area contributed by atoms with Crippen molar-refractivity contribution in [2.45, 2.75) is 13.5 Å². The van der Waals surface area contributed by atoms with Gasteiger partial charge in [0, 0.05) is 19.2 Å². The zero-order valence-corrected chi connectivity index (χ0v) is 8.36. The summed E-state index contributed by atoms with van der Waals surface area (Å²) in [4.78, 5) is 11.3. The van der Waals surface area contributed by atoms with Crippen LogP contribution in [0.1, 0.15) is 5.69 Å². The standard InChI is InChI=1S/C10H15N3O/c1-3-6-11-7-8-13-10(14)5-4-9(2)12-13/h3-5,11H,1,6-8H2,2H3. The lowest BCUT2D eigenvalue weighted by atomic mass is 10.4. The molecule has 0 fully saturated rings. The third-order valence-corrected chi connectivity index (χ3v) is 1.79. The van der Waals surface area contributed by atoms with Crippen LogP contribution in [-0.4, -0.2) is 22.9 Å². The first kappa shape index (κ1) is 10.7. The molecule has 4 nitrogen and oxygen atoms in total. The zero-order valence-electron chi connectivity index (χ0n) is 8.36. The molecule has 1 heterocycles. The van der Waals surface area contributed by atoms with Gasteiger partial charge in [0.15, 0.2) is 0 Å². The van der Waals surface area contributed by atoms with E-state index in [4.69, 9.17) is 0 Å². The van der Waals surface area contributed by atoms with Gasteiger partial charge in [0.25, 0.3) is 5.56 Å². The van der Waals surface area contributed by atoms with Crippen LogP contribution in [0.2, 0.25) is 0 Å². The Morgan fingerprint density at radius 2 is 2.43 bits per heavy atom. The van der Waals surface area contributed by atoms with Gasteiger partial charge in [-0.1, -0.05) is 6.08 Å². The Balaban J connectivity index is 2.53. The van der Waals surface area contributed by atoms with Crippen molar-refractivity contribution in [3.63, 3.8) is 0 Å². The summed E-state index contributed by atoms with van der Waals surface area (Å²) < 4.78 is 1.46. The van der Waals surface area contributed by atoms with Crippen LogP contribution in [0.3, 0.4) is 0 Å². The van der Waals surface area contributed by atoms with E-state index in [0.29, 0.717) is 6.54 Å². The molecule has 14 heavy (non-hydrogen) atoms. The fourth-order valence-electron chi connectivity index (χ4n) is 1.10. The second kappa shape index (κ2) is 5.34. The molecule has 0 aliphatic carbocycles. The molecule has 76 valence electrons. The Morgan fingerprint density at radius 1 is 1.64 bits per heavy atom. The molecule has 0 aromatic carbocycles. The average molecular weight is 193 g/mol. The zero-order chi connectivity index (χ0) is 10.4. The first-order chi connectivity index (χ1) is 6.74. The Kier molecular flexibility index (Phi) is 4.07. The van der Waals surface area contributed by atoms with Gasteiger partial charge in [-0.2, -0.15) is 5.10 Å². The van der Waals surface area contributed by atoms with Gasteiger partial charge >= 0.3 is 0 Å². The van der Waals surface area contributed by atoms with Gasteiger partial charge in [0.1, 0.15) is 0 Å². The summed E-state index contributed by atoms with van der Waals surface area (Å²) in [5.74, 6) is 0. The van der Waals surface area contributed by atoms with Gasteiger partial charge in [-0.3, -0.25) is 4.79 Å². The van der Waals surface area contributed by atoms with E-state index in [0.717, 1.165) is 18.8 Å². The van der Waals surface area contributed by atoms with Crippen LogP contribution in [0.4, 0.5) is 0 Å². The number of nitrogens with one attached hydrogen (secondary N) is 1. The monoisotopic (exact) mass is 193 g/mol. The first-order valence-corrected chi connectivity index (χ1v) is 4.60. The summed E-state index contributed by atoms with van der Waals surface area (Å²) in [5.41, 5.74) is 0.796. The van der Waals surface area contributed by atoms with Crippen molar-refractivity contribution in [2.75, 3.05) is 13.1 Å². The Morgan fingerprint density at radius 3 is 3.14 bits per heavy atom. The van der Waals surface area contributed by atoms with Gasteiger partial charge in [0.05, 0.1) is 12.2 Å². The van der Waals surface area contributed by atoms with Gasteiger partial charge in [0.2, 0.25) is 0 Å².